The standard InChI is InChI=1S/C18H15F3N4OS2/c19-18(20,21)13-7-4-8-14(9-13)23-15(26)11-27-17-25-24-16(28-17)22-10-12-5-2-1-3-6-12/h1-9H,10-11H2,(H,22,24)(H,23,26). The lowest BCUT2D eigenvalue weighted by atomic mass is 10.2. The Hall–Kier alpha value is -2.59. The van der Waals surface area contributed by atoms with Crippen LogP contribution in [0.4, 0.5) is 24.0 Å². The van der Waals surface area contributed by atoms with E-state index in [2.05, 4.69) is 20.8 Å². The molecule has 28 heavy (non-hydrogen) atoms. The van der Waals surface area contributed by atoms with Gasteiger partial charge in [0.05, 0.1) is 11.3 Å². The average Bonchev–Trinajstić information content (AvgIpc) is 3.13. The number of aromatic nitrogens is 2. The van der Waals surface area contributed by atoms with Crippen molar-refractivity contribution in [2.24, 2.45) is 0 Å². The number of amides is 1. The average molecular weight is 424 g/mol. The first-order valence-corrected chi connectivity index (χ1v) is 9.91. The van der Waals surface area contributed by atoms with Gasteiger partial charge in [0.15, 0.2) is 4.34 Å². The molecule has 3 rings (SSSR count). The highest BCUT2D eigenvalue weighted by Crippen LogP contribution is 2.31. The van der Waals surface area contributed by atoms with Gasteiger partial charge in [-0.25, -0.2) is 0 Å². The summed E-state index contributed by atoms with van der Waals surface area (Å²) >= 11 is 2.48. The van der Waals surface area contributed by atoms with Crippen molar-refractivity contribution >= 4 is 39.8 Å². The zero-order valence-electron chi connectivity index (χ0n) is 14.4. The molecule has 0 aliphatic rings. The van der Waals surface area contributed by atoms with Crippen molar-refractivity contribution in [1.82, 2.24) is 10.2 Å². The van der Waals surface area contributed by atoms with Gasteiger partial charge in [0.2, 0.25) is 11.0 Å². The Kier molecular flexibility index (Phi) is 6.53. The van der Waals surface area contributed by atoms with Gasteiger partial charge < -0.3 is 10.6 Å². The summed E-state index contributed by atoms with van der Waals surface area (Å²) in [6.07, 6.45) is -4.45. The number of carbonyl (C=O) groups is 1. The van der Waals surface area contributed by atoms with Gasteiger partial charge in [0.25, 0.3) is 0 Å². The lowest BCUT2D eigenvalue weighted by Crippen LogP contribution is -2.15. The van der Waals surface area contributed by atoms with Gasteiger partial charge in [-0.2, -0.15) is 13.2 Å². The highest BCUT2D eigenvalue weighted by Gasteiger charge is 2.30. The van der Waals surface area contributed by atoms with Crippen molar-refractivity contribution in [1.29, 1.82) is 0 Å². The van der Waals surface area contributed by atoms with Crippen LogP contribution < -0.4 is 10.6 Å². The molecular formula is C18H15F3N4OS2. The summed E-state index contributed by atoms with van der Waals surface area (Å²) in [7, 11) is 0. The second-order valence-electron chi connectivity index (χ2n) is 5.63. The van der Waals surface area contributed by atoms with Gasteiger partial charge in [-0.1, -0.05) is 59.5 Å². The van der Waals surface area contributed by atoms with Crippen LogP contribution in [0.3, 0.4) is 0 Å². The molecule has 0 saturated carbocycles. The molecule has 0 atom stereocenters. The van der Waals surface area contributed by atoms with Gasteiger partial charge in [-0.15, -0.1) is 10.2 Å². The second-order valence-corrected chi connectivity index (χ2v) is 7.83. The van der Waals surface area contributed by atoms with Crippen molar-refractivity contribution in [3.05, 3.63) is 65.7 Å². The number of halogens is 3. The molecule has 146 valence electrons. The minimum atomic E-state index is -4.45. The molecule has 0 aliphatic heterocycles. The summed E-state index contributed by atoms with van der Waals surface area (Å²) in [5.74, 6) is -0.401. The van der Waals surface area contributed by atoms with Gasteiger partial charge in [0, 0.05) is 12.2 Å². The number of hydrogen-bond donors (Lipinski definition) is 2. The monoisotopic (exact) mass is 424 g/mol. The van der Waals surface area contributed by atoms with Crippen LogP contribution in [0.15, 0.2) is 58.9 Å². The van der Waals surface area contributed by atoms with Gasteiger partial charge in [0.1, 0.15) is 0 Å². The molecule has 0 aliphatic carbocycles. The van der Waals surface area contributed by atoms with E-state index in [1.54, 1.807) is 0 Å². The summed E-state index contributed by atoms with van der Waals surface area (Å²) in [6, 6.07) is 14.3. The fourth-order valence-corrected chi connectivity index (χ4v) is 3.76. The van der Waals surface area contributed by atoms with Crippen LogP contribution in [-0.4, -0.2) is 21.9 Å². The predicted octanol–water partition coefficient (Wildman–Crippen LogP) is 4.90. The SMILES string of the molecule is O=C(CSc1nnc(NCc2ccccc2)s1)Nc1cccc(C(F)(F)F)c1. The largest absolute Gasteiger partial charge is 0.416 e. The van der Waals surface area contributed by atoms with Crippen LogP contribution in [0.1, 0.15) is 11.1 Å². The fraction of sp³-hybridized carbons (Fsp3) is 0.167. The lowest BCUT2D eigenvalue weighted by molar-refractivity contribution is -0.137. The van der Waals surface area contributed by atoms with Gasteiger partial charge in [-0.05, 0) is 23.8 Å². The maximum absolute atomic E-state index is 12.7. The molecule has 10 heteroatoms. The number of anilines is 2. The number of thioether (sulfide) groups is 1. The van der Waals surface area contributed by atoms with E-state index in [1.165, 1.54) is 35.2 Å². The molecule has 1 aromatic heterocycles. The van der Waals surface area contributed by atoms with Crippen LogP contribution in [0, 0.1) is 0 Å². The Labute approximate surface area is 167 Å². The summed E-state index contributed by atoms with van der Waals surface area (Å²) in [5, 5.41) is 14.2. The number of alkyl halides is 3. The van der Waals surface area contributed by atoms with Crippen molar-refractivity contribution < 1.29 is 18.0 Å². The first-order valence-electron chi connectivity index (χ1n) is 8.11. The highest BCUT2D eigenvalue weighted by molar-refractivity contribution is 8.01. The Morgan fingerprint density at radius 3 is 2.61 bits per heavy atom. The molecule has 0 fully saturated rings. The van der Waals surface area contributed by atoms with Crippen LogP contribution in [0.25, 0.3) is 0 Å². The molecule has 5 nitrogen and oxygen atoms in total. The summed E-state index contributed by atoms with van der Waals surface area (Å²) < 4.78 is 38.7. The van der Waals surface area contributed by atoms with Crippen LogP contribution in [0.2, 0.25) is 0 Å². The zero-order valence-corrected chi connectivity index (χ0v) is 16.0. The van der Waals surface area contributed by atoms with Crippen LogP contribution >= 0.6 is 23.1 Å². The van der Waals surface area contributed by atoms with Crippen LogP contribution in [0.5, 0.6) is 0 Å². The molecule has 0 bridgehead atoms. The van der Waals surface area contributed by atoms with Gasteiger partial charge >= 0.3 is 6.18 Å². The molecule has 2 aromatic carbocycles. The third-order valence-electron chi connectivity index (χ3n) is 3.49. The number of nitrogens with one attached hydrogen (secondary N) is 2. The van der Waals surface area contributed by atoms with Crippen molar-refractivity contribution in [2.75, 3.05) is 16.4 Å². The predicted molar refractivity (Wildman–Crippen MR) is 104 cm³/mol. The van der Waals surface area contributed by atoms with E-state index in [0.29, 0.717) is 16.0 Å². The molecule has 0 spiro atoms. The quantitative estimate of drug-likeness (QED) is 0.528. The van der Waals surface area contributed by atoms with Crippen molar-refractivity contribution in [2.45, 2.75) is 17.1 Å². The number of carbonyl (C=O) groups excluding carboxylic acids is 1. The minimum absolute atomic E-state index is 0.0174. The molecule has 0 unspecified atom stereocenters. The Bertz CT molecular complexity index is 932. The minimum Gasteiger partial charge on any atom is -0.356 e. The highest BCUT2D eigenvalue weighted by atomic mass is 32.2. The maximum Gasteiger partial charge on any atom is 0.416 e. The first kappa shape index (κ1) is 20.2. The molecule has 1 amide bonds. The van der Waals surface area contributed by atoms with E-state index in [-0.39, 0.29) is 11.4 Å². The van der Waals surface area contributed by atoms with E-state index >= 15 is 0 Å². The van der Waals surface area contributed by atoms with Crippen molar-refractivity contribution in [3.63, 3.8) is 0 Å². The number of nitrogens with zero attached hydrogens (tertiary/aromatic N) is 2. The van der Waals surface area contributed by atoms with Gasteiger partial charge in [-0.3, -0.25) is 4.79 Å². The third kappa shape index (κ3) is 5.96. The second kappa shape index (κ2) is 9.07. The smallest absolute Gasteiger partial charge is 0.356 e. The number of rotatable bonds is 7. The molecule has 2 N–H and O–H groups in total. The Balaban J connectivity index is 1.48. The Morgan fingerprint density at radius 1 is 1.07 bits per heavy atom. The molecule has 1 heterocycles. The molecular weight excluding hydrogens is 409 g/mol. The fourth-order valence-electron chi connectivity index (χ4n) is 2.21. The van der Waals surface area contributed by atoms with E-state index < -0.39 is 17.6 Å². The summed E-state index contributed by atoms with van der Waals surface area (Å²) in [4.78, 5) is 12.0. The maximum atomic E-state index is 12.7. The number of benzene rings is 2. The van der Waals surface area contributed by atoms with E-state index in [4.69, 9.17) is 0 Å². The van der Waals surface area contributed by atoms with Crippen LogP contribution in [-0.2, 0) is 17.5 Å². The normalized spacial score (nSPS) is 11.2. The lowest BCUT2D eigenvalue weighted by Gasteiger charge is -2.09. The van der Waals surface area contributed by atoms with E-state index in [9.17, 15) is 18.0 Å². The topological polar surface area (TPSA) is 66.9 Å². The first-order chi connectivity index (χ1) is 13.4. The third-order valence-corrected chi connectivity index (χ3v) is 5.51. The Morgan fingerprint density at radius 2 is 1.86 bits per heavy atom. The summed E-state index contributed by atoms with van der Waals surface area (Å²) in [6.45, 7) is 0.607. The van der Waals surface area contributed by atoms with Crippen molar-refractivity contribution in [3.8, 4) is 0 Å². The van der Waals surface area contributed by atoms with E-state index in [0.717, 1.165) is 17.7 Å². The number of hydrogen-bond acceptors (Lipinski definition) is 6. The molecule has 0 radical (unpaired) electrons. The molecule has 3 aromatic rings. The van der Waals surface area contributed by atoms with E-state index in [1.807, 2.05) is 30.3 Å². The zero-order chi connectivity index (χ0) is 20.0. The summed E-state index contributed by atoms with van der Waals surface area (Å²) in [5.41, 5.74) is 0.395. The molecule has 0 saturated heterocycles.